The zero-order chi connectivity index (χ0) is 14.4. The van der Waals surface area contributed by atoms with Gasteiger partial charge in [-0.05, 0) is 43.5 Å². The summed E-state index contributed by atoms with van der Waals surface area (Å²) in [6.45, 7) is 2.05. The van der Waals surface area contributed by atoms with Gasteiger partial charge in [0.1, 0.15) is 0 Å². The molecular weight excluding hydrogens is 278 g/mol. The fraction of sp³-hybridized carbons (Fsp3) is 0.176. The molecule has 22 heavy (non-hydrogen) atoms. The van der Waals surface area contributed by atoms with Crippen molar-refractivity contribution in [1.29, 1.82) is 0 Å². The largest absolute Gasteiger partial charge is 0.492 e. The summed E-state index contributed by atoms with van der Waals surface area (Å²) >= 11 is 0. The zero-order valence-corrected chi connectivity index (χ0v) is 12.4. The Morgan fingerprint density at radius 1 is 0.955 bits per heavy atom. The molecule has 0 spiro atoms. The maximum absolute atomic E-state index is 10.5. The average molecular weight is 297 g/mol. The van der Waals surface area contributed by atoms with Crippen LogP contribution in [0.5, 0.6) is 0 Å². The van der Waals surface area contributed by atoms with Gasteiger partial charge in [-0.15, -0.1) is 5.53 Å². The minimum absolute atomic E-state index is 0. The van der Waals surface area contributed by atoms with Crippen LogP contribution in [0.3, 0.4) is 0 Å². The van der Waals surface area contributed by atoms with Crippen molar-refractivity contribution < 1.29 is 10.6 Å². The molecule has 2 aliphatic rings. The molecule has 2 aromatic carbocycles. The Morgan fingerprint density at radius 2 is 1.68 bits per heavy atom. The van der Waals surface area contributed by atoms with Gasteiger partial charge in [-0.1, -0.05) is 35.9 Å². The molecule has 5 heteroatoms. The molecular formula is C17H19N3O2. The Morgan fingerprint density at radius 3 is 2.45 bits per heavy atom. The summed E-state index contributed by atoms with van der Waals surface area (Å²) < 4.78 is 0. The highest BCUT2D eigenvalue weighted by Crippen LogP contribution is 2.37. The molecule has 2 heterocycles. The fourth-order valence-electron chi connectivity index (χ4n) is 2.93. The number of hydrogen-bond donors (Lipinski definition) is 2. The molecule has 0 saturated heterocycles. The second-order valence-corrected chi connectivity index (χ2v) is 5.51. The maximum atomic E-state index is 10.5. The number of aliphatic hydroxyl groups is 1. The molecule has 0 unspecified atom stereocenters. The molecule has 0 bridgehead atoms. The predicted molar refractivity (Wildman–Crippen MR) is 87.3 cm³/mol. The summed E-state index contributed by atoms with van der Waals surface area (Å²) in [5.74, 6) is 0.286. The number of aryl methyl sites for hydroxylation is 2. The van der Waals surface area contributed by atoms with Gasteiger partial charge in [-0.2, -0.15) is 0 Å². The minimum atomic E-state index is 0. The van der Waals surface area contributed by atoms with Crippen LogP contribution in [0.4, 0.5) is 11.4 Å². The molecule has 2 aromatic rings. The van der Waals surface area contributed by atoms with Crippen LogP contribution in [-0.2, 0) is 6.42 Å². The van der Waals surface area contributed by atoms with E-state index in [4.69, 9.17) is 0 Å². The summed E-state index contributed by atoms with van der Waals surface area (Å²) in [5.41, 5.74) is 8.74. The summed E-state index contributed by atoms with van der Waals surface area (Å²) in [6, 6.07) is 16.4. The number of anilines is 2. The molecule has 4 rings (SSSR count). The summed E-state index contributed by atoms with van der Waals surface area (Å²) in [4.78, 5) is 0. The van der Waals surface area contributed by atoms with E-state index in [1.54, 1.807) is 5.01 Å². The van der Waals surface area contributed by atoms with Crippen LogP contribution >= 0.6 is 0 Å². The minimum Gasteiger partial charge on any atom is -0.492 e. The number of nitrogens with zero attached hydrogens (tertiary/aromatic N) is 2. The number of nitrogens with one attached hydrogen (secondary N) is 1. The number of allylic oxidation sites excluding steroid dienone is 1. The Kier molecular flexibility index (Phi) is 3.52. The predicted octanol–water partition coefficient (Wildman–Crippen LogP) is 2.59. The van der Waals surface area contributed by atoms with E-state index in [1.807, 2.05) is 35.3 Å². The first kappa shape index (κ1) is 14.4. The Bertz CT molecular complexity index is 725. The van der Waals surface area contributed by atoms with Crippen LogP contribution in [0.1, 0.15) is 17.5 Å². The highest BCUT2D eigenvalue weighted by Gasteiger charge is 2.34. The Balaban J connectivity index is 0.00000144. The van der Waals surface area contributed by atoms with E-state index < -0.39 is 0 Å². The van der Waals surface area contributed by atoms with E-state index >= 15 is 0 Å². The Hall–Kier alpha value is -2.50. The van der Waals surface area contributed by atoms with E-state index in [0.717, 1.165) is 29.9 Å². The normalized spacial score (nSPS) is 16.2. The molecule has 0 saturated carbocycles. The van der Waals surface area contributed by atoms with Crippen LogP contribution in [0.15, 0.2) is 60.1 Å². The third-order valence-electron chi connectivity index (χ3n) is 4.10. The van der Waals surface area contributed by atoms with Crippen molar-refractivity contribution in [1.82, 2.24) is 5.53 Å². The smallest absolute Gasteiger partial charge is 0.229 e. The van der Waals surface area contributed by atoms with Crippen LogP contribution in [0.2, 0.25) is 0 Å². The van der Waals surface area contributed by atoms with E-state index in [-0.39, 0.29) is 11.4 Å². The lowest BCUT2D eigenvalue weighted by Gasteiger charge is -2.29. The van der Waals surface area contributed by atoms with E-state index in [2.05, 4.69) is 30.7 Å². The van der Waals surface area contributed by atoms with E-state index in [9.17, 15) is 5.11 Å². The number of para-hydroxylation sites is 1. The van der Waals surface area contributed by atoms with Crippen molar-refractivity contribution in [2.75, 3.05) is 10.0 Å². The molecule has 0 radical (unpaired) electrons. The third-order valence-corrected chi connectivity index (χ3v) is 4.10. The molecule has 4 N–H and O–H groups in total. The number of rotatable bonds is 1. The molecule has 0 fully saturated rings. The number of hydrazine groups is 2. The van der Waals surface area contributed by atoms with Crippen LogP contribution in [0.25, 0.3) is 0 Å². The number of benzene rings is 2. The van der Waals surface area contributed by atoms with Crippen molar-refractivity contribution in [3.8, 4) is 0 Å². The van der Waals surface area contributed by atoms with Gasteiger partial charge in [0.15, 0.2) is 0 Å². The van der Waals surface area contributed by atoms with Crippen molar-refractivity contribution in [2.24, 2.45) is 0 Å². The standard InChI is InChI=1S/C17H17N3O.H2O/c1-12-6-9-14(10-7-12)19-17(21)16-11-8-13-4-2-3-5-15(13)20(16)18-19;/h2-7,9-10,18,21H,8,11H2,1H3;1H2. The maximum Gasteiger partial charge on any atom is 0.229 e. The van der Waals surface area contributed by atoms with E-state index in [1.165, 1.54) is 11.1 Å². The highest BCUT2D eigenvalue weighted by molar-refractivity contribution is 5.65. The van der Waals surface area contributed by atoms with Crippen LogP contribution in [-0.4, -0.2) is 10.6 Å². The fourth-order valence-corrected chi connectivity index (χ4v) is 2.93. The van der Waals surface area contributed by atoms with Crippen molar-refractivity contribution in [3.63, 3.8) is 0 Å². The van der Waals surface area contributed by atoms with Gasteiger partial charge in [0.2, 0.25) is 5.88 Å². The molecule has 5 nitrogen and oxygen atoms in total. The van der Waals surface area contributed by atoms with E-state index in [0.29, 0.717) is 0 Å². The van der Waals surface area contributed by atoms with Gasteiger partial charge >= 0.3 is 0 Å². The van der Waals surface area contributed by atoms with Gasteiger partial charge in [0, 0.05) is 0 Å². The molecule has 0 aromatic heterocycles. The lowest BCUT2D eigenvalue weighted by molar-refractivity contribution is 0.386. The van der Waals surface area contributed by atoms with Crippen LogP contribution < -0.4 is 15.6 Å². The van der Waals surface area contributed by atoms with Gasteiger partial charge in [0.05, 0.1) is 17.1 Å². The SMILES string of the molecule is Cc1ccc(N2NN3C(=C2O)CCc2ccccc23)cc1.O. The number of fused-ring (bicyclic) bond motifs is 3. The van der Waals surface area contributed by atoms with Crippen molar-refractivity contribution in [2.45, 2.75) is 19.8 Å². The van der Waals surface area contributed by atoms with Gasteiger partial charge in [0.25, 0.3) is 0 Å². The zero-order valence-electron chi connectivity index (χ0n) is 12.4. The summed E-state index contributed by atoms with van der Waals surface area (Å²) in [6.07, 6.45) is 1.79. The average Bonchev–Trinajstić information content (AvgIpc) is 2.86. The summed E-state index contributed by atoms with van der Waals surface area (Å²) in [5, 5.41) is 14.2. The van der Waals surface area contributed by atoms with Gasteiger partial charge < -0.3 is 10.6 Å². The van der Waals surface area contributed by atoms with Crippen LogP contribution in [0, 0.1) is 6.92 Å². The number of aliphatic hydroxyl groups excluding tert-OH is 1. The molecule has 114 valence electrons. The monoisotopic (exact) mass is 297 g/mol. The molecule has 0 amide bonds. The Labute approximate surface area is 129 Å². The van der Waals surface area contributed by atoms with Gasteiger partial charge in [-0.25, -0.2) is 5.01 Å². The topological polar surface area (TPSA) is 70.2 Å². The molecule has 0 atom stereocenters. The van der Waals surface area contributed by atoms with Crippen molar-refractivity contribution in [3.05, 3.63) is 71.2 Å². The summed E-state index contributed by atoms with van der Waals surface area (Å²) in [7, 11) is 0. The van der Waals surface area contributed by atoms with Gasteiger partial charge in [-0.3, -0.25) is 5.01 Å². The third kappa shape index (κ3) is 2.11. The first-order chi connectivity index (χ1) is 10.2. The second kappa shape index (κ2) is 5.36. The molecule has 0 aliphatic carbocycles. The number of hydrogen-bond acceptors (Lipinski definition) is 4. The lowest BCUT2D eigenvalue weighted by Crippen LogP contribution is -2.43. The quantitative estimate of drug-likeness (QED) is 0.849. The molecule has 2 aliphatic heterocycles. The second-order valence-electron chi connectivity index (χ2n) is 5.51. The van der Waals surface area contributed by atoms with Crippen molar-refractivity contribution >= 4 is 11.4 Å². The highest BCUT2D eigenvalue weighted by atomic mass is 16.3. The first-order valence-corrected chi connectivity index (χ1v) is 7.17. The first-order valence-electron chi connectivity index (χ1n) is 7.17. The lowest BCUT2D eigenvalue weighted by atomic mass is 10.0.